The molecule has 0 aliphatic carbocycles. The summed E-state index contributed by atoms with van der Waals surface area (Å²) in [6.45, 7) is 1.82. The van der Waals surface area contributed by atoms with Crippen molar-refractivity contribution in [3.63, 3.8) is 0 Å². The first-order chi connectivity index (χ1) is 19.9. The molecule has 3 aromatic carbocycles. The van der Waals surface area contributed by atoms with Gasteiger partial charge >= 0.3 is 5.97 Å². The number of aliphatic hydroxyl groups excluding tert-OH is 1. The molecule has 0 radical (unpaired) electrons. The van der Waals surface area contributed by atoms with Crippen LogP contribution in [-0.4, -0.2) is 46.2 Å². The lowest BCUT2D eigenvalue weighted by molar-refractivity contribution is -0.384. The van der Waals surface area contributed by atoms with Gasteiger partial charge in [-0.15, -0.1) is 0 Å². The van der Waals surface area contributed by atoms with Crippen molar-refractivity contribution in [2.75, 3.05) is 4.90 Å². The van der Waals surface area contributed by atoms with Crippen LogP contribution in [0.25, 0.3) is 0 Å². The van der Waals surface area contributed by atoms with Crippen LogP contribution in [0.4, 0.5) is 10.8 Å². The first-order valence-electron chi connectivity index (χ1n) is 12.1. The molecule has 0 fully saturated rings. The zero-order chi connectivity index (χ0) is 30.3. The number of ketones is 1. The van der Waals surface area contributed by atoms with Gasteiger partial charge in [-0.25, -0.2) is 18.2 Å². The van der Waals surface area contributed by atoms with Crippen molar-refractivity contribution in [2.45, 2.75) is 22.1 Å². The molecule has 1 amide bonds. The number of sulfone groups is 1. The Balaban J connectivity index is 1.59. The third-order valence-corrected chi connectivity index (χ3v) is 9.77. The number of aromatic nitrogens is 1. The maximum atomic E-state index is 13.6. The SMILES string of the molecule is Cc1ccc(C(=O)C2=C(O)C(=O)N(c3ncc(S(=O)(=O)c4ccc([N+](=O)[O-])cc4)s3)C2c2ccc(C(=O)O)cc2)cc1. The maximum Gasteiger partial charge on any atom is 0.335 e. The fourth-order valence-electron chi connectivity index (χ4n) is 4.37. The van der Waals surface area contributed by atoms with Crippen LogP contribution < -0.4 is 4.90 Å². The summed E-state index contributed by atoms with van der Waals surface area (Å²) >= 11 is 0.595. The lowest BCUT2D eigenvalue weighted by Crippen LogP contribution is -2.31. The molecule has 1 atom stereocenters. The highest BCUT2D eigenvalue weighted by Gasteiger charge is 2.46. The van der Waals surface area contributed by atoms with Gasteiger partial charge in [0, 0.05) is 17.7 Å². The third kappa shape index (κ3) is 4.93. The molecule has 12 nitrogen and oxygen atoms in total. The van der Waals surface area contributed by atoms with Gasteiger partial charge in [-0.3, -0.25) is 24.6 Å². The van der Waals surface area contributed by atoms with E-state index >= 15 is 0 Å². The highest BCUT2D eigenvalue weighted by Crippen LogP contribution is 2.44. The lowest BCUT2D eigenvalue weighted by Gasteiger charge is -2.24. The van der Waals surface area contributed by atoms with E-state index in [-0.39, 0.29) is 42.2 Å². The summed E-state index contributed by atoms with van der Waals surface area (Å²) in [5.74, 6) is -3.73. The molecule has 0 saturated heterocycles. The zero-order valence-corrected chi connectivity index (χ0v) is 23.1. The van der Waals surface area contributed by atoms with Crippen molar-refractivity contribution >= 4 is 49.7 Å². The average molecular weight is 606 g/mol. The number of carbonyl (C=O) groups excluding carboxylic acids is 2. The van der Waals surface area contributed by atoms with Gasteiger partial charge in [-0.05, 0) is 36.8 Å². The van der Waals surface area contributed by atoms with E-state index in [4.69, 9.17) is 0 Å². The number of hydrogen-bond acceptors (Lipinski definition) is 10. The summed E-state index contributed by atoms with van der Waals surface area (Å²) < 4.78 is 26.2. The van der Waals surface area contributed by atoms with Crippen molar-refractivity contribution in [1.82, 2.24) is 4.98 Å². The number of carboxylic acid groups (broad SMARTS) is 1. The molecule has 1 aromatic heterocycles. The fraction of sp³-hybridized carbons (Fsp3) is 0.0714. The van der Waals surface area contributed by atoms with E-state index in [0.29, 0.717) is 11.3 Å². The zero-order valence-electron chi connectivity index (χ0n) is 21.5. The fourth-order valence-corrected chi connectivity index (χ4v) is 6.91. The summed E-state index contributed by atoms with van der Waals surface area (Å²) in [6.07, 6.45) is 1.01. The number of carboxylic acids is 1. The number of nitro groups is 1. The van der Waals surface area contributed by atoms with Gasteiger partial charge in [0.25, 0.3) is 11.6 Å². The number of nitro benzene ring substituents is 1. The Morgan fingerprint density at radius 2 is 1.57 bits per heavy atom. The molecule has 5 rings (SSSR count). The number of Topliss-reactive ketones (excluding diaryl/α,β-unsaturated/α-hetero) is 1. The quantitative estimate of drug-likeness (QED) is 0.162. The predicted molar refractivity (Wildman–Crippen MR) is 149 cm³/mol. The van der Waals surface area contributed by atoms with Crippen LogP contribution in [0, 0.1) is 17.0 Å². The molecular formula is C28H19N3O9S2. The number of amides is 1. The van der Waals surface area contributed by atoms with Crippen molar-refractivity contribution < 1.29 is 37.9 Å². The number of aromatic carboxylic acids is 1. The summed E-state index contributed by atoms with van der Waals surface area (Å²) in [5, 5.41) is 31.0. The van der Waals surface area contributed by atoms with Gasteiger partial charge in [0.05, 0.1) is 33.2 Å². The number of aliphatic hydroxyl groups is 1. The van der Waals surface area contributed by atoms with Gasteiger partial charge < -0.3 is 10.2 Å². The lowest BCUT2D eigenvalue weighted by atomic mass is 9.92. The molecule has 0 saturated carbocycles. The van der Waals surface area contributed by atoms with Crippen LogP contribution in [0.15, 0.2) is 99.4 Å². The second kappa shape index (κ2) is 10.6. The number of non-ortho nitro benzene ring substituents is 1. The van der Waals surface area contributed by atoms with Crippen LogP contribution in [0.5, 0.6) is 0 Å². The minimum atomic E-state index is -4.21. The largest absolute Gasteiger partial charge is 0.503 e. The smallest absolute Gasteiger partial charge is 0.335 e. The first kappa shape index (κ1) is 28.3. The number of carbonyl (C=O) groups is 3. The van der Waals surface area contributed by atoms with Crippen molar-refractivity contribution in [3.05, 3.63) is 123 Å². The number of thiazole rings is 1. The van der Waals surface area contributed by atoms with E-state index < -0.39 is 44.2 Å². The van der Waals surface area contributed by atoms with Crippen LogP contribution in [0.1, 0.15) is 37.9 Å². The van der Waals surface area contributed by atoms with Gasteiger partial charge in [-0.2, -0.15) is 0 Å². The maximum absolute atomic E-state index is 13.6. The standard InChI is InChI=1S/C28H19N3O9S2/c1-15-2-4-17(5-3-15)24(32)22-23(16-6-8-18(9-7-16)27(35)36)30(26(34)25(22)33)28-29-14-21(41-28)42(39,40)20-12-10-19(11-13-20)31(37)38/h2-14,23,33H,1H3,(H,35,36). The Morgan fingerprint density at radius 1 is 0.976 bits per heavy atom. The van der Waals surface area contributed by atoms with Gasteiger partial charge in [0.15, 0.2) is 16.7 Å². The number of benzene rings is 3. The van der Waals surface area contributed by atoms with E-state index in [9.17, 15) is 43.1 Å². The molecule has 2 heterocycles. The summed E-state index contributed by atoms with van der Waals surface area (Å²) in [5.41, 5.74) is 0.680. The Bertz CT molecular complexity index is 1900. The summed E-state index contributed by atoms with van der Waals surface area (Å²) in [4.78, 5) is 53.6. The Morgan fingerprint density at radius 3 is 2.14 bits per heavy atom. The van der Waals surface area contributed by atoms with E-state index in [1.165, 1.54) is 36.4 Å². The van der Waals surface area contributed by atoms with Crippen LogP contribution in [0.3, 0.4) is 0 Å². The highest BCUT2D eigenvalue weighted by molar-refractivity contribution is 7.93. The second-order valence-electron chi connectivity index (χ2n) is 9.18. The molecule has 1 aliphatic heterocycles. The molecular weight excluding hydrogens is 586 g/mol. The van der Waals surface area contributed by atoms with Gasteiger partial charge in [0.1, 0.15) is 4.21 Å². The minimum Gasteiger partial charge on any atom is -0.503 e. The molecule has 2 N–H and O–H groups in total. The predicted octanol–water partition coefficient (Wildman–Crippen LogP) is 4.67. The molecule has 4 aromatic rings. The number of rotatable bonds is 8. The van der Waals surface area contributed by atoms with E-state index in [2.05, 4.69) is 4.98 Å². The van der Waals surface area contributed by atoms with Crippen molar-refractivity contribution in [1.29, 1.82) is 0 Å². The second-order valence-corrected chi connectivity index (χ2v) is 12.4. The average Bonchev–Trinajstić information content (AvgIpc) is 3.56. The monoisotopic (exact) mass is 605 g/mol. The molecule has 0 spiro atoms. The Kier molecular flexibility index (Phi) is 7.18. The minimum absolute atomic E-state index is 0.0556. The molecule has 1 aliphatic rings. The number of hydrogen-bond donors (Lipinski definition) is 2. The molecule has 212 valence electrons. The number of anilines is 1. The molecule has 14 heteroatoms. The van der Waals surface area contributed by atoms with E-state index in [1.54, 1.807) is 12.1 Å². The van der Waals surface area contributed by atoms with Gasteiger partial charge in [0.2, 0.25) is 9.84 Å². The summed E-state index contributed by atoms with van der Waals surface area (Å²) in [6, 6.07) is 14.7. The molecule has 1 unspecified atom stereocenters. The van der Waals surface area contributed by atoms with Gasteiger partial charge in [-0.1, -0.05) is 53.3 Å². The van der Waals surface area contributed by atoms with Crippen LogP contribution in [0.2, 0.25) is 0 Å². The normalized spacial score (nSPS) is 15.2. The van der Waals surface area contributed by atoms with Crippen molar-refractivity contribution in [3.8, 4) is 0 Å². The summed E-state index contributed by atoms with van der Waals surface area (Å²) in [7, 11) is -4.21. The Labute approximate surface area is 241 Å². The Hall–Kier alpha value is -5.21. The molecule has 0 bridgehead atoms. The van der Waals surface area contributed by atoms with Crippen molar-refractivity contribution in [2.24, 2.45) is 0 Å². The van der Waals surface area contributed by atoms with E-state index in [0.717, 1.165) is 40.9 Å². The topological polar surface area (TPSA) is 185 Å². The first-order valence-corrected chi connectivity index (χ1v) is 14.4. The molecule has 42 heavy (non-hydrogen) atoms. The van der Waals surface area contributed by atoms with Crippen LogP contribution >= 0.6 is 11.3 Å². The number of aryl methyl sites for hydroxylation is 1. The highest BCUT2D eigenvalue weighted by atomic mass is 32.2. The van der Waals surface area contributed by atoms with E-state index in [1.807, 2.05) is 6.92 Å². The number of nitrogens with zero attached hydrogens (tertiary/aromatic N) is 3. The van der Waals surface area contributed by atoms with Crippen LogP contribution in [-0.2, 0) is 14.6 Å². The third-order valence-electron chi connectivity index (χ3n) is 6.54.